The van der Waals surface area contributed by atoms with Crippen LogP contribution in [0, 0.1) is 11.3 Å². The second kappa shape index (κ2) is 6.32. The van der Waals surface area contributed by atoms with Gasteiger partial charge < -0.3 is 15.3 Å². The predicted octanol–water partition coefficient (Wildman–Crippen LogP) is 3.24. The zero-order chi connectivity index (χ0) is 18.3. The fourth-order valence-electron chi connectivity index (χ4n) is 4.20. The van der Waals surface area contributed by atoms with Gasteiger partial charge in [0.2, 0.25) is 0 Å². The minimum absolute atomic E-state index is 0.0292. The van der Waals surface area contributed by atoms with Crippen LogP contribution in [0.25, 0.3) is 5.69 Å². The Hall–Kier alpha value is -2.54. The number of hydrogen-bond donors (Lipinski definition) is 2. The first-order chi connectivity index (χ1) is 12.5. The molecule has 2 aromatic rings. The topological polar surface area (TPSA) is 87.5 Å². The molecule has 1 saturated heterocycles. The number of benzene rings is 1. The van der Waals surface area contributed by atoms with E-state index in [1.54, 1.807) is 46.2 Å². The number of likely N-dealkylation sites (tertiary alicyclic amines) is 1. The lowest BCUT2D eigenvalue weighted by molar-refractivity contribution is -0.149. The van der Waals surface area contributed by atoms with Crippen LogP contribution in [0.4, 0.5) is 10.5 Å². The second-order valence-electron chi connectivity index (χ2n) is 6.97. The zero-order valence-electron chi connectivity index (χ0n) is 14.1. The highest BCUT2D eigenvalue weighted by molar-refractivity contribution is 6.30. The number of nitrogens with zero attached hydrogens (tertiary/aromatic N) is 3. The van der Waals surface area contributed by atoms with E-state index >= 15 is 0 Å². The highest BCUT2D eigenvalue weighted by Gasteiger charge is 2.55. The molecule has 1 aliphatic heterocycles. The number of carbonyl (C=O) groups excluding carboxylic acids is 1. The molecular weight excluding hydrogens is 356 g/mol. The Labute approximate surface area is 155 Å². The number of amides is 2. The van der Waals surface area contributed by atoms with E-state index in [-0.39, 0.29) is 18.5 Å². The van der Waals surface area contributed by atoms with E-state index in [4.69, 9.17) is 11.6 Å². The summed E-state index contributed by atoms with van der Waals surface area (Å²) in [4.78, 5) is 26.2. The monoisotopic (exact) mass is 374 g/mol. The molecule has 2 atom stereocenters. The van der Waals surface area contributed by atoms with Gasteiger partial charge in [0.05, 0.1) is 16.8 Å². The highest BCUT2D eigenvalue weighted by Crippen LogP contribution is 2.49. The third-order valence-electron chi connectivity index (χ3n) is 5.54. The first kappa shape index (κ1) is 16.9. The average molecular weight is 375 g/mol. The molecule has 0 radical (unpaired) electrons. The van der Waals surface area contributed by atoms with Gasteiger partial charge in [-0.15, -0.1) is 0 Å². The Kier molecular flexibility index (Phi) is 4.11. The summed E-state index contributed by atoms with van der Waals surface area (Å²) in [5.41, 5.74) is 0.440. The SMILES string of the molecule is O=C(Nc1ccc(Cl)cc1-n1cccn1)N1C[C@@H]2CCC[C@@]2(C(=O)O)C1. The molecule has 1 aromatic heterocycles. The van der Waals surface area contributed by atoms with Gasteiger partial charge in [-0.2, -0.15) is 5.10 Å². The number of fused-ring (bicyclic) bond motifs is 1. The van der Waals surface area contributed by atoms with Crippen LogP contribution in [0.2, 0.25) is 5.02 Å². The van der Waals surface area contributed by atoms with Crippen LogP contribution in [0.15, 0.2) is 36.7 Å². The molecule has 136 valence electrons. The van der Waals surface area contributed by atoms with Crippen LogP contribution in [-0.4, -0.2) is 44.9 Å². The molecule has 2 aliphatic rings. The Morgan fingerprint density at radius 3 is 2.92 bits per heavy atom. The van der Waals surface area contributed by atoms with Crippen molar-refractivity contribution in [2.45, 2.75) is 19.3 Å². The molecule has 2 fully saturated rings. The molecule has 1 aromatic carbocycles. The molecule has 0 unspecified atom stereocenters. The van der Waals surface area contributed by atoms with E-state index in [9.17, 15) is 14.7 Å². The van der Waals surface area contributed by atoms with Crippen molar-refractivity contribution in [1.29, 1.82) is 0 Å². The van der Waals surface area contributed by atoms with E-state index < -0.39 is 11.4 Å². The molecule has 0 bridgehead atoms. The number of hydrogen-bond acceptors (Lipinski definition) is 3. The van der Waals surface area contributed by atoms with Crippen molar-refractivity contribution in [2.75, 3.05) is 18.4 Å². The molecule has 26 heavy (non-hydrogen) atoms. The molecule has 8 heteroatoms. The Morgan fingerprint density at radius 1 is 1.38 bits per heavy atom. The lowest BCUT2D eigenvalue weighted by atomic mass is 9.81. The van der Waals surface area contributed by atoms with Crippen molar-refractivity contribution in [1.82, 2.24) is 14.7 Å². The number of anilines is 1. The number of aromatic nitrogens is 2. The van der Waals surface area contributed by atoms with E-state index in [2.05, 4.69) is 10.4 Å². The van der Waals surface area contributed by atoms with Crippen molar-refractivity contribution in [3.63, 3.8) is 0 Å². The smallest absolute Gasteiger partial charge is 0.321 e. The molecule has 4 rings (SSSR count). The van der Waals surface area contributed by atoms with Crippen LogP contribution in [0.5, 0.6) is 0 Å². The van der Waals surface area contributed by atoms with Gasteiger partial charge in [-0.25, -0.2) is 9.48 Å². The van der Waals surface area contributed by atoms with E-state index in [0.717, 1.165) is 12.8 Å². The van der Waals surface area contributed by atoms with Crippen LogP contribution >= 0.6 is 11.6 Å². The zero-order valence-corrected chi connectivity index (χ0v) is 14.8. The van der Waals surface area contributed by atoms with E-state index in [1.807, 2.05) is 0 Å². The van der Waals surface area contributed by atoms with Crippen LogP contribution in [0.3, 0.4) is 0 Å². The standard InChI is InChI=1S/C18H19ClN4O3/c19-13-4-5-14(15(9-13)23-8-2-7-20-23)21-17(26)22-10-12-3-1-6-18(12,11-22)16(24)25/h2,4-5,7-9,12H,1,3,6,10-11H2,(H,21,26)(H,24,25)/t12-,18+/m0/s1. The summed E-state index contributed by atoms with van der Waals surface area (Å²) in [6, 6.07) is 6.63. The first-order valence-electron chi connectivity index (χ1n) is 8.58. The Bertz CT molecular complexity index is 854. The number of urea groups is 1. The van der Waals surface area contributed by atoms with Gasteiger partial charge in [-0.05, 0) is 43.0 Å². The summed E-state index contributed by atoms with van der Waals surface area (Å²) in [7, 11) is 0. The quantitative estimate of drug-likeness (QED) is 0.863. The van der Waals surface area contributed by atoms with Crippen LogP contribution < -0.4 is 5.32 Å². The summed E-state index contributed by atoms with van der Waals surface area (Å²) in [5.74, 6) is -0.763. The molecule has 1 aliphatic carbocycles. The molecule has 2 N–H and O–H groups in total. The van der Waals surface area contributed by atoms with Gasteiger partial charge in [0, 0.05) is 30.5 Å². The number of halogens is 1. The van der Waals surface area contributed by atoms with Crippen molar-refractivity contribution >= 4 is 29.3 Å². The van der Waals surface area contributed by atoms with Gasteiger partial charge in [0.25, 0.3) is 0 Å². The number of nitrogens with one attached hydrogen (secondary N) is 1. The average Bonchev–Trinajstić information content (AvgIpc) is 3.31. The number of carbonyl (C=O) groups is 2. The lowest BCUT2D eigenvalue weighted by Gasteiger charge is -2.23. The summed E-state index contributed by atoms with van der Waals surface area (Å²) in [5, 5.41) is 17.3. The van der Waals surface area contributed by atoms with Gasteiger partial charge >= 0.3 is 12.0 Å². The maximum absolute atomic E-state index is 12.8. The Morgan fingerprint density at radius 2 is 2.23 bits per heavy atom. The Balaban J connectivity index is 1.56. The van der Waals surface area contributed by atoms with E-state index in [0.29, 0.717) is 29.4 Å². The summed E-state index contributed by atoms with van der Waals surface area (Å²) >= 11 is 6.09. The van der Waals surface area contributed by atoms with Gasteiger partial charge in [-0.3, -0.25) is 4.79 Å². The van der Waals surface area contributed by atoms with Crippen molar-refractivity contribution in [3.05, 3.63) is 41.7 Å². The number of carboxylic acids is 1. The van der Waals surface area contributed by atoms with Crippen molar-refractivity contribution in [3.8, 4) is 5.69 Å². The van der Waals surface area contributed by atoms with Crippen LogP contribution in [0.1, 0.15) is 19.3 Å². The summed E-state index contributed by atoms with van der Waals surface area (Å²) < 4.78 is 1.62. The maximum Gasteiger partial charge on any atom is 0.321 e. The van der Waals surface area contributed by atoms with Crippen molar-refractivity contribution in [2.24, 2.45) is 11.3 Å². The van der Waals surface area contributed by atoms with Crippen LogP contribution in [-0.2, 0) is 4.79 Å². The molecular formula is C18H19ClN4O3. The van der Waals surface area contributed by atoms with E-state index in [1.165, 1.54) is 0 Å². The molecule has 2 amide bonds. The minimum atomic E-state index is -0.793. The van der Waals surface area contributed by atoms with Crippen molar-refractivity contribution < 1.29 is 14.7 Å². The highest BCUT2D eigenvalue weighted by atomic mass is 35.5. The molecule has 2 heterocycles. The molecule has 7 nitrogen and oxygen atoms in total. The summed E-state index contributed by atoms with van der Waals surface area (Å²) in [6.45, 7) is 0.729. The molecule has 0 spiro atoms. The number of rotatable bonds is 3. The van der Waals surface area contributed by atoms with Gasteiger partial charge in [-0.1, -0.05) is 18.0 Å². The first-order valence-corrected chi connectivity index (χ1v) is 8.96. The third kappa shape index (κ3) is 2.72. The fourth-order valence-corrected chi connectivity index (χ4v) is 4.37. The van der Waals surface area contributed by atoms with Gasteiger partial charge in [0.1, 0.15) is 0 Å². The third-order valence-corrected chi connectivity index (χ3v) is 5.77. The maximum atomic E-state index is 12.8. The normalized spacial score (nSPS) is 24.5. The summed E-state index contributed by atoms with van der Waals surface area (Å²) in [6.07, 6.45) is 5.81. The lowest BCUT2D eigenvalue weighted by Crippen LogP contribution is -2.38. The largest absolute Gasteiger partial charge is 0.481 e. The van der Waals surface area contributed by atoms with Gasteiger partial charge in [0.15, 0.2) is 0 Å². The minimum Gasteiger partial charge on any atom is -0.481 e. The number of carboxylic acid groups (broad SMARTS) is 1. The predicted molar refractivity (Wildman–Crippen MR) is 96.6 cm³/mol. The second-order valence-corrected chi connectivity index (χ2v) is 7.41. The fraction of sp³-hybridized carbons (Fsp3) is 0.389. The number of aliphatic carboxylic acids is 1. The molecule has 1 saturated carbocycles.